The maximum absolute atomic E-state index is 11.3. The van der Waals surface area contributed by atoms with E-state index in [0.717, 1.165) is 5.56 Å². The lowest BCUT2D eigenvalue weighted by Gasteiger charge is -2.07. The van der Waals surface area contributed by atoms with Gasteiger partial charge in [0, 0.05) is 12.3 Å². The van der Waals surface area contributed by atoms with E-state index in [1.165, 1.54) is 0 Å². The first-order chi connectivity index (χ1) is 7.63. The van der Waals surface area contributed by atoms with E-state index in [1.807, 2.05) is 6.92 Å². The van der Waals surface area contributed by atoms with Crippen molar-refractivity contribution in [3.05, 3.63) is 29.8 Å². The summed E-state index contributed by atoms with van der Waals surface area (Å²) in [6.07, 6.45) is -0.492. The summed E-state index contributed by atoms with van der Waals surface area (Å²) in [5.41, 5.74) is 1.52. The number of aliphatic hydroxyl groups is 1. The zero-order chi connectivity index (χ0) is 12.0. The molecule has 1 aromatic rings. The lowest BCUT2D eigenvalue weighted by Crippen LogP contribution is -2.18. The third kappa shape index (κ3) is 4.00. The number of carbonyl (C=O) groups excluding carboxylic acids is 1. The number of hydrogen-bond donors (Lipinski definition) is 2. The van der Waals surface area contributed by atoms with Crippen molar-refractivity contribution in [1.82, 2.24) is 0 Å². The number of anilines is 1. The minimum Gasteiger partial charge on any atom is -0.389 e. The predicted octanol–water partition coefficient (Wildman–Crippen LogP) is 1.71. The molecule has 1 unspecified atom stereocenters. The van der Waals surface area contributed by atoms with Crippen molar-refractivity contribution in [2.24, 2.45) is 0 Å². The Morgan fingerprint density at radius 2 is 2.06 bits per heavy atom. The van der Waals surface area contributed by atoms with Gasteiger partial charge in [-0.3, -0.25) is 4.79 Å². The number of ether oxygens (including phenoxy) is 1. The molecule has 0 saturated heterocycles. The summed E-state index contributed by atoms with van der Waals surface area (Å²) in [5, 5.41) is 12.0. The van der Waals surface area contributed by atoms with Crippen LogP contribution in [0.2, 0.25) is 0 Å². The summed E-state index contributed by atoms with van der Waals surface area (Å²) in [5.74, 6) is -0.174. The largest absolute Gasteiger partial charge is 0.389 e. The van der Waals surface area contributed by atoms with Crippen molar-refractivity contribution in [2.45, 2.75) is 20.0 Å². The van der Waals surface area contributed by atoms with Gasteiger partial charge in [0.2, 0.25) is 5.91 Å². The molecule has 0 aliphatic rings. The van der Waals surface area contributed by atoms with Gasteiger partial charge in [0.05, 0.1) is 6.10 Å². The minimum absolute atomic E-state index is 0.0641. The smallest absolute Gasteiger partial charge is 0.250 e. The lowest BCUT2D eigenvalue weighted by atomic mass is 10.1. The van der Waals surface area contributed by atoms with Gasteiger partial charge in [0.15, 0.2) is 0 Å². The van der Waals surface area contributed by atoms with E-state index in [9.17, 15) is 9.90 Å². The first-order valence-electron chi connectivity index (χ1n) is 5.29. The average Bonchev–Trinajstić information content (AvgIpc) is 2.27. The summed E-state index contributed by atoms with van der Waals surface area (Å²) in [7, 11) is 0. The Kier molecular flexibility index (Phi) is 4.95. The Bertz CT molecular complexity index is 333. The molecule has 1 rings (SSSR count). The highest BCUT2D eigenvalue weighted by atomic mass is 16.5. The second-order valence-electron chi connectivity index (χ2n) is 3.48. The number of aliphatic hydroxyl groups excluding tert-OH is 1. The monoisotopic (exact) mass is 223 g/mol. The molecule has 4 heteroatoms. The molecule has 0 bridgehead atoms. The second kappa shape index (κ2) is 6.25. The molecule has 88 valence electrons. The first kappa shape index (κ1) is 12.7. The van der Waals surface area contributed by atoms with Crippen LogP contribution < -0.4 is 5.32 Å². The van der Waals surface area contributed by atoms with E-state index in [1.54, 1.807) is 31.2 Å². The molecule has 0 fully saturated rings. The Balaban J connectivity index is 2.51. The number of benzene rings is 1. The molecule has 0 aliphatic carbocycles. The van der Waals surface area contributed by atoms with Crippen molar-refractivity contribution in [3.63, 3.8) is 0 Å². The van der Waals surface area contributed by atoms with Gasteiger partial charge in [-0.2, -0.15) is 0 Å². The molecular weight excluding hydrogens is 206 g/mol. The van der Waals surface area contributed by atoms with Gasteiger partial charge >= 0.3 is 0 Å². The number of carbonyl (C=O) groups is 1. The van der Waals surface area contributed by atoms with E-state index in [2.05, 4.69) is 5.32 Å². The van der Waals surface area contributed by atoms with Crippen molar-refractivity contribution in [1.29, 1.82) is 0 Å². The van der Waals surface area contributed by atoms with Gasteiger partial charge < -0.3 is 15.2 Å². The maximum Gasteiger partial charge on any atom is 0.250 e. The highest BCUT2D eigenvalue weighted by molar-refractivity contribution is 5.91. The average molecular weight is 223 g/mol. The molecule has 0 saturated carbocycles. The summed E-state index contributed by atoms with van der Waals surface area (Å²) in [6, 6.07) is 7.07. The zero-order valence-electron chi connectivity index (χ0n) is 9.56. The normalized spacial score (nSPS) is 12.2. The van der Waals surface area contributed by atoms with Crippen LogP contribution in [0, 0.1) is 0 Å². The zero-order valence-corrected chi connectivity index (χ0v) is 9.56. The van der Waals surface area contributed by atoms with Gasteiger partial charge in [-0.15, -0.1) is 0 Å². The minimum atomic E-state index is -0.492. The Morgan fingerprint density at radius 3 is 2.56 bits per heavy atom. The molecule has 0 spiro atoms. The van der Waals surface area contributed by atoms with E-state index in [-0.39, 0.29) is 12.5 Å². The summed E-state index contributed by atoms with van der Waals surface area (Å²) in [4.78, 5) is 11.3. The van der Waals surface area contributed by atoms with Gasteiger partial charge in [-0.05, 0) is 31.5 Å². The van der Waals surface area contributed by atoms with Crippen molar-refractivity contribution >= 4 is 11.6 Å². The quantitative estimate of drug-likeness (QED) is 0.799. The van der Waals surface area contributed by atoms with Crippen LogP contribution in [0.5, 0.6) is 0 Å². The molecule has 1 atom stereocenters. The van der Waals surface area contributed by atoms with E-state index in [4.69, 9.17) is 4.74 Å². The molecule has 0 heterocycles. The fraction of sp³-hybridized carbons (Fsp3) is 0.417. The fourth-order valence-electron chi connectivity index (χ4n) is 1.24. The molecular formula is C12H17NO3. The van der Waals surface area contributed by atoms with Crippen molar-refractivity contribution in [3.8, 4) is 0 Å². The first-order valence-corrected chi connectivity index (χ1v) is 5.29. The van der Waals surface area contributed by atoms with Crippen LogP contribution in [0.25, 0.3) is 0 Å². The lowest BCUT2D eigenvalue weighted by molar-refractivity contribution is -0.120. The molecule has 16 heavy (non-hydrogen) atoms. The van der Waals surface area contributed by atoms with Crippen LogP contribution >= 0.6 is 0 Å². The number of hydrogen-bond acceptors (Lipinski definition) is 3. The van der Waals surface area contributed by atoms with Gasteiger partial charge in [-0.1, -0.05) is 12.1 Å². The van der Waals surface area contributed by atoms with Crippen LogP contribution in [0.4, 0.5) is 5.69 Å². The summed E-state index contributed by atoms with van der Waals surface area (Å²) < 4.78 is 4.98. The van der Waals surface area contributed by atoms with Gasteiger partial charge in [0.1, 0.15) is 6.61 Å². The van der Waals surface area contributed by atoms with Crippen molar-refractivity contribution < 1.29 is 14.6 Å². The van der Waals surface area contributed by atoms with Gasteiger partial charge in [0.25, 0.3) is 0 Å². The Morgan fingerprint density at radius 1 is 1.44 bits per heavy atom. The molecule has 1 amide bonds. The Hall–Kier alpha value is -1.39. The number of amides is 1. The molecule has 2 N–H and O–H groups in total. The fourth-order valence-corrected chi connectivity index (χ4v) is 1.24. The molecule has 0 radical (unpaired) electrons. The molecule has 0 aliphatic heterocycles. The van der Waals surface area contributed by atoms with Crippen LogP contribution in [0.3, 0.4) is 0 Å². The van der Waals surface area contributed by atoms with E-state index < -0.39 is 6.10 Å². The number of nitrogens with one attached hydrogen (secondary N) is 1. The third-order valence-corrected chi connectivity index (χ3v) is 2.11. The van der Waals surface area contributed by atoms with Gasteiger partial charge in [-0.25, -0.2) is 0 Å². The topological polar surface area (TPSA) is 58.6 Å². The third-order valence-electron chi connectivity index (χ3n) is 2.11. The predicted molar refractivity (Wildman–Crippen MR) is 62.2 cm³/mol. The van der Waals surface area contributed by atoms with Crippen LogP contribution in [-0.2, 0) is 9.53 Å². The highest BCUT2D eigenvalue weighted by Gasteiger charge is 2.03. The molecule has 1 aromatic carbocycles. The highest BCUT2D eigenvalue weighted by Crippen LogP contribution is 2.15. The van der Waals surface area contributed by atoms with E-state index in [0.29, 0.717) is 12.3 Å². The van der Waals surface area contributed by atoms with Crippen LogP contribution in [0.15, 0.2) is 24.3 Å². The second-order valence-corrected chi connectivity index (χ2v) is 3.48. The maximum atomic E-state index is 11.3. The van der Waals surface area contributed by atoms with Crippen molar-refractivity contribution in [2.75, 3.05) is 18.5 Å². The van der Waals surface area contributed by atoms with E-state index >= 15 is 0 Å². The Labute approximate surface area is 95.2 Å². The SMILES string of the molecule is CCOCC(=O)Nc1ccc(C(C)O)cc1. The standard InChI is InChI=1S/C12H17NO3/c1-3-16-8-12(15)13-11-6-4-10(5-7-11)9(2)14/h4-7,9,14H,3,8H2,1-2H3,(H,13,15). The number of rotatable bonds is 5. The summed E-state index contributed by atoms with van der Waals surface area (Å²) >= 11 is 0. The van der Waals surface area contributed by atoms with Crippen LogP contribution in [-0.4, -0.2) is 24.2 Å². The molecule has 0 aromatic heterocycles. The van der Waals surface area contributed by atoms with Crippen LogP contribution in [0.1, 0.15) is 25.5 Å². The molecule has 4 nitrogen and oxygen atoms in total. The summed E-state index contributed by atoms with van der Waals surface area (Å²) in [6.45, 7) is 4.12.